The predicted molar refractivity (Wildman–Crippen MR) is 171 cm³/mol. The van der Waals surface area contributed by atoms with Crippen molar-refractivity contribution in [3.8, 4) is 0 Å². The molecular weight excluding hydrogens is 460 g/mol. The lowest BCUT2D eigenvalue weighted by molar-refractivity contribution is 0.661. The summed E-state index contributed by atoms with van der Waals surface area (Å²) in [5.74, 6) is 0. The van der Waals surface area contributed by atoms with Crippen LogP contribution in [0, 0.1) is 6.92 Å². The molecule has 0 aliphatic heterocycles. The van der Waals surface area contributed by atoms with Gasteiger partial charge in [0.1, 0.15) is 0 Å². The lowest BCUT2D eigenvalue weighted by atomic mass is 9.91. The molecule has 210 valence electrons. The standard InChI is InChI=1S/C36H56N2/c1-8-13-16-18-20-30-23-28(6)24-33(25-30)38-36(12-5)29(7)37-34-26-31(11-4)35(22-15-10-3)32(27-34)21-19-17-14-9-2/h23-27H,8-22H2,1-7H3. The summed E-state index contributed by atoms with van der Waals surface area (Å²) >= 11 is 0. The zero-order valence-electron chi connectivity index (χ0n) is 25.9. The summed E-state index contributed by atoms with van der Waals surface area (Å²) < 4.78 is 0. The van der Waals surface area contributed by atoms with Gasteiger partial charge in [0.25, 0.3) is 0 Å². The van der Waals surface area contributed by atoms with Crippen LogP contribution >= 0.6 is 0 Å². The first kappa shape index (κ1) is 32.0. The fourth-order valence-corrected chi connectivity index (χ4v) is 5.43. The Morgan fingerprint density at radius 2 is 1.24 bits per heavy atom. The van der Waals surface area contributed by atoms with Gasteiger partial charge < -0.3 is 0 Å². The van der Waals surface area contributed by atoms with Crippen LogP contribution in [0.15, 0.2) is 40.3 Å². The van der Waals surface area contributed by atoms with Crippen molar-refractivity contribution in [3.63, 3.8) is 0 Å². The summed E-state index contributed by atoms with van der Waals surface area (Å²) in [6.45, 7) is 15.7. The first-order chi connectivity index (χ1) is 18.4. The Hall–Kier alpha value is -2.22. The molecule has 0 N–H and O–H groups in total. The average molecular weight is 517 g/mol. The van der Waals surface area contributed by atoms with Gasteiger partial charge in [0.05, 0.1) is 22.8 Å². The lowest BCUT2D eigenvalue weighted by Gasteiger charge is -2.16. The van der Waals surface area contributed by atoms with Crippen LogP contribution in [0.25, 0.3) is 0 Å². The molecule has 0 aromatic heterocycles. The van der Waals surface area contributed by atoms with E-state index in [1.807, 2.05) is 0 Å². The predicted octanol–water partition coefficient (Wildman–Crippen LogP) is 11.4. The molecule has 0 aliphatic carbocycles. The second-order valence-electron chi connectivity index (χ2n) is 11.1. The van der Waals surface area contributed by atoms with Gasteiger partial charge in [-0.15, -0.1) is 0 Å². The fourth-order valence-electron chi connectivity index (χ4n) is 5.43. The minimum atomic E-state index is 0.883. The van der Waals surface area contributed by atoms with E-state index in [0.717, 1.165) is 42.1 Å². The monoisotopic (exact) mass is 516 g/mol. The maximum atomic E-state index is 5.16. The van der Waals surface area contributed by atoms with E-state index in [9.17, 15) is 0 Å². The number of aryl methyl sites for hydroxylation is 4. The van der Waals surface area contributed by atoms with Crippen LogP contribution in [-0.2, 0) is 25.7 Å². The smallest absolute Gasteiger partial charge is 0.0639 e. The topological polar surface area (TPSA) is 24.7 Å². The molecule has 0 spiro atoms. The Balaban J connectivity index is 2.35. The van der Waals surface area contributed by atoms with Crippen molar-refractivity contribution >= 4 is 22.8 Å². The number of hydrogen-bond acceptors (Lipinski definition) is 2. The van der Waals surface area contributed by atoms with Gasteiger partial charge in [0, 0.05) is 0 Å². The molecule has 38 heavy (non-hydrogen) atoms. The number of benzene rings is 2. The van der Waals surface area contributed by atoms with Gasteiger partial charge in [-0.1, -0.05) is 85.6 Å². The molecule has 2 nitrogen and oxygen atoms in total. The Morgan fingerprint density at radius 3 is 1.87 bits per heavy atom. The quantitative estimate of drug-likeness (QED) is 0.139. The molecule has 2 aromatic rings. The minimum absolute atomic E-state index is 0.883. The first-order valence-electron chi connectivity index (χ1n) is 15.8. The molecule has 0 amide bonds. The van der Waals surface area contributed by atoms with Gasteiger partial charge in [-0.05, 0) is 117 Å². The number of hydrogen-bond donors (Lipinski definition) is 0. The average Bonchev–Trinajstić information content (AvgIpc) is 2.90. The fraction of sp³-hybridized carbons (Fsp3) is 0.611. The van der Waals surface area contributed by atoms with Crippen LogP contribution in [0.5, 0.6) is 0 Å². The van der Waals surface area contributed by atoms with Crippen LogP contribution in [0.3, 0.4) is 0 Å². The molecule has 0 saturated carbocycles. The van der Waals surface area contributed by atoms with Crippen LogP contribution in [0.2, 0.25) is 0 Å². The van der Waals surface area contributed by atoms with Crippen molar-refractivity contribution in [1.29, 1.82) is 0 Å². The van der Waals surface area contributed by atoms with Crippen LogP contribution < -0.4 is 0 Å². The van der Waals surface area contributed by atoms with E-state index in [0.29, 0.717) is 0 Å². The maximum Gasteiger partial charge on any atom is 0.0639 e. The summed E-state index contributed by atoms with van der Waals surface area (Å²) in [7, 11) is 0. The number of aliphatic imine (C=N–C) groups is 2. The summed E-state index contributed by atoms with van der Waals surface area (Å²) in [4.78, 5) is 10.3. The zero-order chi connectivity index (χ0) is 27.8. The SMILES string of the molecule is CCCCCCc1cc(C)cc(N=C(CC)C(C)=Nc2cc(CC)c(CCCC)c(CCCCCC)c2)c1. The van der Waals surface area contributed by atoms with Gasteiger partial charge in [0.2, 0.25) is 0 Å². The lowest BCUT2D eigenvalue weighted by Crippen LogP contribution is -2.09. The zero-order valence-corrected chi connectivity index (χ0v) is 25.9. The molecular formula is C36H56N2. The van der Waals surface area contributed by atoms with E-state index in [1.165, 1.54) is 99.3 Å². The van der Waals surface area contributed by atoms with Crippen molar-refractivity contribution in [2.45, 2.75) is 145 Å². The molecule has 0 saturated heterocycles. The van der Waals surface area contributed by atoms with E-state index < -0.39 is 0 Å². The highest BCUT2D eigenvalue weighted by molar-refractivity contribution is 6.42. The molecule has 0 bridgehead atoms. The third kappa shape index (κ3) is 10.9. The second kappa shape index (κ2) is 18.1. The van der Waals surface area contributed by atoms with Gasteiger partial charge in [-0.25, -0.2) is 0 Å². The van der Waals surface area contributed by atoms with E-state index in [-0.39, 0.29) is 0 Å². The van der Waals surface area contributed by atoms with E-state index in [4.69, 9.17) is 9.98 Å². The molecule has 0 unspecified atom stereocenters. The normalized spacial score (nSPS) is 12.4. The Bertz CT molecular complexity index is 1030. The Kier molecular flexibility index (Phi) is 15.3. The van der Waals surface area contributed by atoms with Crippen molar-refractivity contribution in [2.75, 3.05) is 0 Å². The summed E-state index contributed by atoms with van der Waals surface area (Å²) in [5.41, 5.74) is 11.6. The van der Waals surface area contributed by atoms with Gasteiger partial charge in [-0.2, -0.15) is 0 Å². The summed E-state index contributed by atoms with van der Waals surface area (Å²) in [6, 6.07) is 11.6. The Morgan fingerprint density at radius 1 is 0.605 bits per heavy atom. The summed E-state index contributed by atoms with van der Waals surface area (Å²) in [5, 5.41) is 0. The third-order valence-corrected chi connectivity index (χ3v) is 7.63. The van der Waals surface area contributed by atoms with Gasteiger partial charge >= 0.3 is 0 Å². The molecule has 0 aliphatic rings. The first-order valence-corrected chi connectivity index (χ1v) is 15.8. The highest BCUT2D eigenvalue weighted by atomic mass is 14.8. The van der Waals surface area contributed by atoms with E-state index in [1.54, 1.807) is 5.56 Å². The van der Waals surface area contributed by atoms with E-state index >= 15 is 0 Å². The van der Waals surface area contributed by atoms with Crippen molar-refractivity contribution in [1.82, 2.24) is 0 Å². The van der Waals surface area contributed by atoms with Crippen molar-refractivity contribution in [3.05, 3.63) is 58.1 Å². The van der Waals surface area contributed by atoms with Gasteiger partial charge in [0.15, 0.2) is 0 Å². The molecule has 2 heteroatoms. The number of unbranched alkanes of at least 4 members (excludes halogenated alkanes) is 7. The molecule has 0 atom stereocenters. The highest BCUT2D eigenvalue weighted by Crippen LogP contribution is 2.28. The van der Waals surface area contributed by atoms with Crippen LogP contribution in [-0.4, -0.2) is 11.4 Å². The number of rotatable bonds is 18. The molecule has 0 heterocycles. The maximum absolute atomic E-state index is 5.16. The van der Waals surface area contributed by atoms with Crippen molar-refractivity contribution in [2.24, 2.45) is 9.98 Å². The largest absolute Gasteiger partial charge is 0.252 e. The molecule has 2 rings (SSSR count). The van der Waals surface area contributed by atoms with Crippen LogP contribution in [0.4, 0.5) is 11.4 Å². The minimum Gasteiger partial charge on any atom is -0.252 e. The summed E-state index contributed by atoms with van der Waals surface area (Å²) in [6.07, 6.45) is 18.4. The Labute approximate surface area is 235 Å². The van der Waals surface area contributed by atoms with Gasteiger partial charge in [-0.3, -0.25) is 9.98 Å². The third-order valence-electron chi connectivity index (χ3n) is 7.63. The van der Waals surface area contributed by atoms with Crippen LogP contribution in [0.1, 0.15) is 140 Å². The van der Waals surface area contributed by atoms with Crippen molar-refractivity contribution < 1.29 is 0 Å². The molecule has 2 aromatic carbocycles. The molecule has 0 radical (unpaired) electrons. The second-order valence-corrected chi connectivity index (χ2v) is 11.1. The highest BCUT2D eigenvalue weighted by Gasteiger charge is 2.11. The molecule has 0 fully saturated rings. The number of nitrogens with zero attached hydrogens (tertiary/aromatic N) is 2. The van der Waals surface area contributed by atoms with E-state index in [2.05, 4.69) is 78.8 Å².